The molecule has 1 aliphatic heterocycles. The summed E-state index contributed by atoms with van der Waals surface area (Å²) in [6.07, 6.45) is 1.85. The van der Waals surface area contributed by atoms with Gasteiger partial charge in [0.2, 0.25) is 0 Å². The molecule has 0 radical (unpaired) electrons. The molecular formula is C11H21NO2. The van der Waals surface area contributed by atoms with Crippen LogP contribution in [0.2, 0.25) is 0 Å². The molecule has 0 N–H and O–H groups in total. The lowest BCUT2D eigenvalue weighted by molar-refractivity contribution is -0.159. The predicted octanol–water partition coefficient (Wildman–Crippen LogP) is 1.53. The van der Waals surface area contributed by atoms with Crippen LogP contribution in [0.1, 0.15) is 26.7 Å². The van der Waals surface area contributed by atoms with Gasteiger partial charge in [-0.25, -0.2) is 0 Å². The number of carbonyl (C=O) groups is 1. The van der Waals surface area contributed by atoms with E-state index in [1.54, 1.807) is 0 Å². The molecule has 0 saturated carbocycles. The second kappa shape index (κ2) is 4.30. The van der Waals surface area contributed by atoms with Crippen molar-refractivity contribution in [1.29, 1.82) is 0 Å². The minimum absolute atomic E-state index is 0.0272. The lowest BCUT2D eigenvalue weighted by Gasteiger charge is -2.41. The third-order valence-electron chi connectivity index (χ3n) is 3.58. The van der Waals surface area contributed by atoms with Crippen molar-refractivity contribution in [3.63, 3.8) is 0 Å². The molecule has 3 heteroatoms. The van der Waals surface area contributed by atoms with Gasteiger partial charge in [0.05, 0.1) is 12.5 Å². The second-order valence-corrected chi connectivity index (χ2v) is 4.61. The average molecular weight is 199 g/mol. The molecule has 0 aromatic carbocycles. The first-order chi connectivity index (χ1) is 6.53. The van der Waals surface area contributed by atoms with E-state index >= 15 is 0 Å². The van der Waals surface area contributed by atoms with Crippen LogP contribution < -0.4 is 0 Å². The van der Waals surface area contributed by atoms with Crippen LogP contribution in [-0.2, 0) is 9.53 Å². The highest BCUT2D eigenvalue weighted by molar-refractivity contribution is 5.77. The zero-order valence-electron chi connectivity index (χ0n) is 9.67. The van der Waals surface area contributed by atoms with E-state index in [9.17, 15) is 4.79 Å². The fourth-order valence-electron chi connectivity index (χ4n) is 2.24. The number of esters is 1. The van der Waals surface area contributed by atoms with Crippen molar-refractivity contribution >= 4 is 5.97 Å². The zero-order valence-corrected chi connectivity index (χ0v) is 9.67. The van der Waals surface area contributed by atoms with Gasteiger partial charge in [-0.05, 0) is 38.9 Å². The van der Waals surface area contributed by atoms with E-state index in [1.807, 2.05) is 0 Å². The molecule has 0 aliphatic carbocycles. The fraction of sp³-hybridized carbons (Fsp3) is 0.909. The molecule has 3 nitrogen and oxygen atoms in total. The molecule has 0 bridgehead atoms. The van der Waals surface area contributed by atoms with E-state index in [0.717, 1.165) is 25.9 Å². The number of rotatable bonds is 2. The fourth-order valence-corrected chi connectivity index (χ4v) is 2.24. The van der Waals surface area contributed by atoms with Crippen LogP contribution in [0.5, 0.6) is 0 Å². The first-order valence-corrected chi connectivity index (χ1v) is 5.30. The molecular weight excluding hydrogens is 178 g/mol. The molecule has 1 heterocycles. The second-order valence-electron chi connectivity index (χ2n) is 4.61. The molecule has 1 fully saturated rings. The topological polar surface area (TPSA) is 29.5 Å². The molecule has 82 valence electrons. The molecule has 1 saturated heterocycles. The van der Waals surface area contributed by atoms with Gasteiger partial charge in [0.15, 0.2) is 0 Å². The van der Waals surface area contributed by atoms with Gasteiger partial charge in [0, 0.05) is 0 Å². The van der Waals surface area contributed by atoms with Crippen molar-refractivity contribution in [1.82, 2.24) is 4.90 Å². The van der Waals surface area contributed by atoms with Crippen molar-refractivity contribution < 1.29 is 9.53 Å². The van der Waals surface area contributed by atoms with Crippen LogP contribution in [-0.4, -0.2) is 38.1 Å². The maximum absolute atomic E-state index is 11.8. The number of nitrogens with zero attached hydrogens (tertiary/aromatic N) is 1. The van der Waals surface area contributed by atoms with Crippen LogP contribution >= 0.6 is 0 Å². The molecule has 0 aromatic heterocycles. The third-order valence-corrected chi connectivity index (χ3v) is 3.58. The number of ether oxygens (including phenoxy) is 1. The van der Waals surface area contributed by atoms with Gasteiger partial charge in [0.1, 0.15) is 0 Å². The van der Waals surface area contributed by atoms with Gasteiger partial charge >= 0.3 is 5.97 Å². The molecule has 1 aliphatic rings. The summed E-state index contributed by atoms with van der Waals surface area (Å²) in [5, 5.41) is 0. The number of carbonyl (C=O) groups excluding carboxylic acids is 1. The summed E-state index contributed by atoms with van der Waals surface area (Å²) in [7, 11) is 3.59. The molecule has 0 amide bonds. The number of piperidine rings is 1. The maximum Gasteiger partial charge on any atom is 0.312 e. The lowest BCUT2D eigenvalue weighted by atomic mass is 9.70. The Labute approximate surface area is 86.4 Å². The Morgan fingerprint density at radius 2 is 1.86 bits per heavy atom. The van der Waals surface area contributed by atoms with Gasteiger partial charge < -0.3 is 9.64 Å². The van der Waals surface area contributed by atoms with Crippen molar-refractivity contribution in [2.24, 2.45) is 11.3 Å². The Morgan fingerprint density at radius 1 is 1.36 bits per heavy atom. The highest BCUT2D eigenvalue weighted by Crippen LogP contribution is 2.39. The van der Waals surface area contributed by atoms with Gasteiger partial charge in [0.25, 0.3) is 0 Å². The van der Waals surface area contributed by atoms with Crippen molar-refractivity contribution in [2.45, 2.75) is 26.7 Å². The van der Waals surface area contributed by atoms with Crippen molar-refractivity contribution in [2.75, 3.05) is 27.2 Å². The minimum atomic E-state index is -0.235. The number of hydrogen-bond acceptors (Lipinski definition) is 3. The molecule has 0 unspecified atom stereocenters. The average Bonchev–Trinajstić information content (AvgIpc) is 2.18. The number of methoxy groups -OCH3 is 1. The summed E-state index contributed by atoms with van der Waals surface area (Å²) in [4.78, 5) is 14.1. The summed E-state index contributed by atoms with van der Waals surface area (Å²) in [5.74, 6) is 0.337. The SMILES string of the molecule is COC(=O)C1(C(C)C)CCN(C)CC1. The van der Waals surface area contributed by atoms with E-state index in [4.69, 9.17) is 4.74 Å². The standard InChI is InChI=1S/C11H21NO2/c1-9(2)11(10(13)14-4)5-7-12(3)8-6-11/h9H,5-8H2,1-4H3. The van der Waals surface area contributed by atoms with Crippen LogP contribution in [0.3, 0.4) is 0 Å². The lowest BCUT2D eigenvalue weighted by Crippen LogP contribution is -2.46. The summed E-state index contributed by atoms with van der Waals surface area (Å²) < 4.78 is 4.93. The van der Waals surface area contributed by atoms with Gasteiger partial charge in [-0.1, -0.05) is 13.8 Å². The predicted molar refractivity (Wildman–Crippen MR) is 56.0 cm³/mol. The molecule has 0 aromatic rings. The van der Waals surface area contributed by atoms with E-state index in [2.05, 4.69) is 25.8 Å². The third kappa shape index (κ3) is 1.92. The number of likely N-dealkylation sites (tertiary alicyclic amines) is 1. The largest absolute Gasteiger partial charge is 0.469 e. The van der Waals surface area contributed by atoms with Crippen LogP contribution in [0, 0.1) is 11.3 Å². The minimum Gasteiger partial charge on any atom is -0.469 e. The highest BCUT2D eigenvalue weighted by Gasteiger charge is 2.44. The summed E-state index contributed by atoms with van der Waals surface area (Å²) in [6, 6.07) is 0. The van der Waals surface area contributed by atoms with Crippen LogP contribution in [0.25, 0.3) is 0 Å². The number of hydrogen-bond donors (Lipinski definition) is 0. The summed E-state index contributed by atoms with van der Waals surface area (Å²) in [5.41, 5.74) is -0.235. The Morgan fingerprint density at radius 3 is 2.21 bits per heavy atom. The monoisotopic (exact) mass is 199 g/mol. The quantitative estimate of drug-likeness (QED) is 0.632. The van der Waals surface area contributed by atoms with E-state index in [-0.39, 0.29) is 11.4 Å². The Hall–Kier alpha value is -0.570. The van der Waals surface area contributed by atoms with E-state index in [1.165, 1.54) is 7.11 Å². The van der Waals surface area contributed by atoms with Crippen LogP contribution in [0.15, 0.2) is 0 Å². The Kier molecular flexibility index (Phi) is 3.53. The van der Waals surface area contributed by atoms with Crippen molar-refractivity contribution in [3.05, 3.63) is 0 Å². The molecule has 14 heavy (non-hydrogen) atoms. The van der Waals surface area contributed by atoms with Crippen LogP contribution in [0.4, 0.5) is 0 Å². The van der Waals surface area contributed by atoms with Crippen molar-refractivity contribution in [3.8, 4) is 0 Å². The Balaban J connectivity index is 2.78. The van der Waals surface area contributed by atoms with E-state index in [0.29, 0.717) is 5.92 Å². The molecule has 0 spiro atoms. The Bertz CT molecular complexity index is 205. The smallest absolute Gasteiger partial charge is 0.312 e. The first kappa shape index (κ1) is 11.5. The molecule has 0 atom stereocenters. The summed E-state index contributed by atoms with van der Waals surface area (Å²) >= 11 is 0. The highest BCUT2D eigenvalue weighted by atomic mass is 16.5. The van der Waals surface area contributed by atoms with Gasteiger partial charge in [-0.15, -0.1) is 0 Å². The summed E-state index contributed by atoms with van der Waals surface area (Å²) in [6.45, 7) is 6.21. The maximum atomic E-state index is 11.8. The normalized spacial score (nSPS) is 22.4. The first-order valence-electron chi connectivity index (χ1n) is 5.30. The molecule has 1 rings (SSSR count). The zero-order chi connectivity index (χ0) is 10.8. The van der Waals surface area contributed by atoms with Gasteiger partial charge in [-0.2, -0.15) is 0 Å². The van der Waals surface area contributed by atoms with E-state index < -0.39 is 0 Å². The van der Waals surface area contributed by atoms with Gasteiger partial charge in [-0.3, -0.25) is 4.79 Å².